The summed E-state index contributed by atoms with van der Waals surface area (Å²) in [7, 11) is 0. The van der Waals surface area contributed by atoms with Crippen molar-refractivity contribution in [1.29, 1.82) is 0 Å². The van der Waals surface area contributed by atoms with E-state index in [4.69, 9.17) is 4.42 Å². The highest BCUT2D eigenvalue weighted by Crippen LogP contribution is 2.49. The lowest BCUT2D eigenvalue weighted by Gasteiger charge is -2.22. The summed E-state index contributed by atoms with van der Waals surface area (Å²) in [6, 6.07) is 34.1. The summed E-state index contributed by atoms with van der Waals surface area (Å²) in [4.78, 5) is 0. The summed E-state index contributed by atoms with van der Waals surface area (Å²) in [5, 5.41) is 4.70. The first-order chi connectivity index (χ1) is 15.1. The highest BCUT2D eigenvalue weighted by molar-refractivity contribution is 5.84. The van der Waals surface area contributed by atoms with Crippen molar-refractivity contribution in [2.75, 3.05) is 5.32 Å². The largest absolute Gasteiger partial charge is 0.456 e. The van der Waals surface area contributed by atoms with Crippen molar-refractivity contribution in [3.8, 4) is 22.5 Å². The lowest BCUT2D eigenvalue weighted by atomic mass is 9.82. The number of hydrogen-bond donors (Lipinski definition) is 1. The maximum atomic E-state index is 6.00. The molecule has 2 nitrogen and oxygen atoms in total. The quantitative estimate of drug-likeness (QED) is 0.330. The summed E-state index contributed by atoms with van der Waals surface area (Å²) >= 11 is 0. The number of anilines is 2. The van der Waals surface area contributed by atoms with Crippen LogP contribution < -0.4 is 5.32 Å². The third-order valence-electron chi connectivity index (χ3n) is 6.47. The standard InChI is InChI=1S/C29H23NO/c1-29(2)25-9-5-4-8-23(25)24-16-15-22(18-26(24)29)30-21-13-11-19(12-14-21)28-17-20-7-3-6-10-27(20)31-28/h3-18,30H,1-2H3. The zero-order valence-corrected chi connectivity index (χ0v) is 17.6. The van der Waals surface area contributed by atoms with E-state index in [-0.39, 0.29) is 5.41 Å². The molecule has 0 saturated carbocycles. The summed E-state index contributed by atoms with van der Waals surface area (Å²) in [6.45, 7) is 4.62. The van der Waals surface area contributed by atoms with Gasteiger partial charge in [-0.1, -0.05) is 62.4 Å². The van der Waals surface area contributed by atoms with Crippen LogP contribution >= 0.6 is 0 Å². The number of hydrogen-bond acceptors (Lipinski definition) is 2. The van der Waals surface area contributed by atoms with Gasteiger partial charge in [0.25, 0.3) is 0 Å². The van der Waals surface area contributed by atoms with E-state index in [0.29, 0.717) is 0 Å². The van der Waals surface area contributed by atoms with Crippen LogP contribution in [0.4, 0.5) is 11.4 Å². The normalized spacial score (nSPS) is 13.7. The van der Waals surface area contributed by atoms with Gasteiger partial charge in [0.2, 0.25) is 0 Å². The zero-order chi connectivity index (χ0) is 21.0. The first kappa shape index (κ1) is 18.0. The summed E-state index contributed by atoms with van der Waals surface area (Å²) in [5.74, 6) is 0.893. The Balaban J connectivity index is 1.29. The minimum atomic E-state index is 0.00870. The van der Waals surface area contributed by atoms with Crippen LogP contribution in [0.25, 0.3) is 33.4 Å². The molecule has 0 aliphatic heterocycles. The van der Waals surface area contributed by atoms with Crippen LogP contribution in [0.2, 0.25) is 0 Å². The fourth-order valence-electron chi connectivity index (χ4n) is 4.79. The van der Waals surface area contributed by atoms with Crippen LogP contribution in [0.5, 0.6) is 0 Å². The summed E-state index contributed by atoms with van der Waals surface area (Å²) in [6.07, 6.45) is 0. The monoisotopic (exact) mass is 401 g/mol. The van der Waals surface area contributed by atoms with Crippen molar-refractivity contribution in [3.05, 3.63) is 108 Å². The minimum Gasteiger partial charge on any atom is -0.456 e. The van der Waals surface area contributed by atoms with Crippen molar-refractivity contribution in [2.24, 2.45) is 0 Å². The molecule has 0 fully saturated rings. The van der Waals surface area contributed by atoms with Crippen LogP contribution in [-0.4, -0.2) is 0 Å². The predicted molar refractivity (Wildman–Crippen MR) is 129 cm³/mol. The number of benzene rings is 4. The molecule has 0 unspecified atom stereocenters. The molecule has 6 rings (SSSR count). The Morgan fingerprint density at radius 1 is 0.645 bits per heavy atom. The third kappa shape index (κ3) is 2.87. The van der Waals surface area contributed by atoms with E-state index >= 15 is 0 Å². The van der Waals surface area contributed by atoms with Crippen LogP contribution in [0.15, 0.2) is 101 Å². The molecular formula is C29H23NO. The van der Waals surface area contributed by atoms with Gasteiger partial charge in [0.1, 0.15) is 11.3 Å². The molecule has 0 saturated heterocycles. The average Bonchev–Trinajstić information content (AvgIpc) is 3.32. The van der Waals surface area contributed by atoms with Gasteiger partial charge in [-0.3, -0.25) is 0 Å². The highest BCUT2D eigenvalue weighted by Gasteiger charge is 2.35. The Bertz CT molecular complexity index is 1390. The molecule has 1 aliphatic carbocycles. The topological polar surface area (TPSA) is 25.2 Å². The Morgan fingerprint density at radius 3 is 2.19 bits per heavy atom. The van der Waals surface area contributed by atoms with Gasteiger partial charge in [-0.05, 0) is 70.8 Å². The van der Waals surface area contributed by atoms with Crippen molar-refractivity contribution in [3.63, 3.8) is 0 Å². The molecule has 150 valence electrons. The Labute approximate surface area is 182 Å². The van der Waals surface area contributed by atoms with Gasteiger partial charge in [-0.2, -0.15) is 0 Å². The second-order valence-electron chi connectivity index (χ2n) is 8.78. The molecule has 1 N–H and O–H groups in total. The number of nitrogens with one attached hydrogen (secondary N) is 1. The van der Waals surface area contributed by atoms with E-state index in [9.17, 15) is 0 Å². The lowest BCUT2D eigenvalue weighted by molar-refractivity contribution is 0.631. The number of rotatable bonds is 3. The van der Waals surface area contributed by atoms with E-state index in [1.807, 2.05) is 18.2 Å². The van der Waals surface area contributed by atoms with E-state index in [2.05, 4.69) is 98.0 Å². The van der Waals surface area contributed by atoms with Crippen LogP contribution in [0.1, 0.15) is 25.0 Å². The molecule has 1 aromatic heterocycles. The minimum absolute atomic E-state index is 0.00870. The van der Waals surface area contributed by atoms with Crippen LogP contribution in [-0.2, 0) is 5.41 Å². The van der Waals surface area contributed by atoms with Crippen LogP contribution in [0.3, 0.4) is 0 Å². The van der Waals surface area contributed by atoms with Gasteiger partial charge in [0, 0.05) is 27.7 Å². The SMILES string of the molecule is CC1(C)c2ccccc2-c2ccc(Nc3ccc(-c4cc5ccccc5o4)cc3)cc21. The third-order valence-corrected chi connectivity index (χ3v) is 6.47. The second-order valence-corrected chi connectivity index (χ2v) is 8.78. The molecule has 4 aromatic carbocycles. The fraction of sp³-hybridized carbons (Fsp3) is 0.103. The average molecular weight is 402 g/mol. The summed E-state index contributed by atoms with van der Waals surface area (Å²) < 4.78 is 6.00. The molecule has 0 radical (unpaired) electrons. The maximum Gasteiger partial charge on any atom is 0.135 e. The number of para-hydroxylation sites is 1. The first-order valence-corrected chi connectivity index (χ1v) is 10.7. The molecule has 5 aromatic rings. The van der Waals surface area contributed by atoms with E-state index < -0.39 is 0 Å². The molecular weight excluding hydrogens is 378 g/mol. The molecule has 1 heterocycles. The van der Waals surface area contributed by atoms with Crippen molar-refractivity contribution < 1.29 is 4.42 Å². The highest BCUT2D eigenvalue weighted by atomic mass is 16.3. The van der Waals surface area contributed by atoms with Crippen molar-refractivity contribution in [1.82, 2.24) is 0 Å². The van der Waals surface area contributed by atoms with E-state index in [1.54, 1.807) is 0 Å². The maximum absolute atomic E-state index is 6.00. The van der Waals surface area contributed by atoms with E-state index in [0.717, 1.165) is 33.7 Å². The second kappa shape index (κ2) is 6.61. The fourth-order valence-corrected chi connectivity index (χ4v) is 4.79. The molecule has 0 atom stereocenters. The first-order valence-electron chi connectivity index (χ1n) is 10.7. The van der Waals surface area contributed by atoms with Gasteiger partial charge in [0.05, 0.1) is 0 Å². The number of furan rings is 1. The predicted octanol–water partition coefficient (Wildman–Crippen LogP) is 8.15. The van der Waals surface area contributed by atoms with Gasteiger partial charge < -0.3 is 9.73 Å². The Kier molecular flexibility index (Phi) is 3.85. The number of fused-ring (bicyclic) bond motifs is 4. The van der Waals surface area contributed by atoms with Crippen molar-refractivity contribution in [2.45, 2.75) is 19.3 Å². The lowest BCUT2D eigenvalue weighted by Crippen LogP contribution is -2.15. The molecule has 0 bridgehead atoms. The molecule has 0 spiro atoms. The summed E-state index contributed by atoms with van der Waals surface area (Å²) in [5.41, 5.74) is 9.64. The molecule has 31 heavy (non-hydrogen) atoms. The molecule has 2 heteroatoms. The molecule has 1 aliphatic rings. The van der Waals surface area contributed by atoms with Gasteiger partial charge in [-0.15, -0.1) is 0 Å². The van der Waals surface area contributed by atoms with E-state index in [1.165, 1.54) is 22.3 Å². The Morgan fingerprint density at radius 2 is 1.35 bits per heavy atom. The van der Waals surface area contributed by atoms with Crippen molar-refractivity contribution >= 4 is 22.3 Å². The van der Waals surface area contributed by atoms with Gasteiger partial charge >= 0.3 is 0 Å². The smallest absolute Gasteiger partial charge is 0.135 e. The molecule has 0 amide bonds. The van der Waals surface area contributed by atoms with Gasteiger partial charge in [0.15, 0.2) is 0 Å². The van der Waals surface area contributed by atoms with Gasteiger partial charge in [-0.25, -0.2) is 0 Å². The van der Waals surface area contributed by atoms with Crippen LogP contribution in [0, 0.1) is 0 Å². The zero-order valence-electron chi connectivity index (χ0n) is 17.6. The Hall–Kier alpha value is -3.78.